The molecule has 0 bridgehead atoms. The molecule has 0 rings (SSSR count). The van der Waals surface area contributed by atoms with E-state index in [2.05, 4.69) is 29.4 Å². The average molecular weight is 233 g/mol. The van der Waals surface area contributed by atoms with Crippen molar-refractivity contribution < 1.29 is 4.74 Å². The van der Waals surface area contributed by atoms with Crippen LogP contribution in [0.1, 0.15) is 26.7 Å². The zero-order valence-electron chi connectivity index (χ0n) is 7.90. The maximum Gasteiger partial charge on any atom is 0.112 e. The van der Waals surface area contributed by atoms with Crippen LogP contribution in [0.25, 0.3) is 0 Å². The molecule has 0 aromatic heterocycles. The third-order valence-corrected chi connectivity index (χ3v) is 2.00. The van der Waals surface area contributed by atoms with E-state index in [1.165, 1.54) is 12.0 Å². The lowest BCUT2D eigenvalue weighted by molar-refractivity contribution is 0.243. The summed E-state index contributed by atoms with van der Waals surface area (Å²) in [6, 6.07) is 0. The molecule has 0 N–H and O–H groups in total. The van der Waals surface area contributed by atoms with Gasteiger partial charge >= 0.3 is 0 Å². The maximum absolute atomic E-state index is 5.21. The molecule has 0 saturated carbocycles. The van der Waals surface area contributed by atoms with E-state index in [0.717, 1.165) is 17.5 Å². The molecule has 0 radical (unpaired) electrons. The van der Waals surface area contributed by atoms with Crippen molar-refractivity contribution in [3.63, 3.8) is 0 Å². The Bertz CT molecular complexity index is 161. The standard InChI is InChI=1S/C10H17BrO/c1-4-12-10(3)8-9(2)6-5-7-11/h8H,3-7H2,1-2H3/b9-8+. The molecule has 2 heteroatoms. The van der Waals surface area contributed by atoms with Crippen LogP contribution in [0.15, 0.2) is 24.0 Å². The van der Waals surface area contributed by atoms with Crippen molar-refractivity contribution in [3.8, 4) is 0 Å². The first kappa shape index (κ1) is 11.8. The summed E-state index contributed by atoms with van der Waals surface area (Å²) >= 11 is 3.39. The molecule has 0 atom stereocenters. The van der Waals surface area contributed by atoms with Gasteiger partial charge in [0.25, 0.3) is 0 Å². The predicted octanol–water partition coefficient (Wildman–Crippen LogP) is 3.66. The van der Waals surface area contributed by atoms with E-state index in [4.69, 9.17) is 4.74 Å². The minimum absolute atomic E-state index is 0.695. The molecule has 12 heavy (non-hydrogen) atoms. The van der Waals surface area contributed by atoms with Crippen molar-refractivity contribution in [3.05, 3.63) is 24.0 Å². The summed E-state index contributed by atoms with van der Waals surface area (Å²) in [6.07, 6.45) is 4.28. The van der Waals surface area contributed by atoms with Gasteiger partial charge in [0.15, 0.2) is 0 Å². The van der Waals surface area contributed by atoms with Crippen molar-refractivity contribution in [1.82, 2.24) is 0 Å². The molecule has 0 amide bonds. The van der Waals surface area contributed by atoms with E-state index < -0.39 is 0 Å². The first-order valence-electron chi connectivity index (χ1n) is 4.25. The number of halogens is 1. The summed E-state index contributed by atoms with van der Waals surface area (Å²) in [4.78, 5) is 0. The van der Waals surface area contributed by atoms with Gasteiger partial charge in [-0.25, -0.2) is 0 Å². The Labute approximate surface area is 83.6 Å². The normalized spacial score (nSPS) is 11.4. The molecule has 0 spiro atoms. The molecule has 70 valence electrons. The Balaban J connectivity index is 3.72. The number of hydrogen-bond donors (Lipinski definition) is 0. The number of hydrogen-bond acceptors (Lipinski definition) is 1. The smallest absolute Gasteiger partial charge is 0.112 e. The highest BCUT2D eigenvalue weighted by atomic mass is 79.9. The Kier molecular flexibility index (Phi) is 7.26. The average Bonchev–Trinajstić information content (AvgIpc) is 2.01. The van der Waals surface area contributed by atoms with Gasteiger partial charge in [-0.3, -0.25) is 0 Å². The quantitative estimate of drug-likeness (QED) is 0.386. The van der Waals surface area contributed by atoms with Gasteiger partial charge in [-0.2, -0.15) is 0 Å². The monoisotopic (exact) mass is 232 g/mol. The molecule has 0 aromatic carbocycles. The zero-order valence-corrected chi connectivity index (χ0v) is 9.49. The van der Waals surface area contributed by atoms with Gasteiger partial charge in [-0.1, -0.05) is 28.1 Å². The van der Waals surface area contributed by atoms with Crippen LogP contribution in [0, 0.1) is 0 Å². The van der Waals surface area contributed by atoms with E-state index in [-0.39, 0.29) is 0 Å². The van der Waals surface area contributed by atoms with Crippen LogP contribution in [-0.2, 0) is 4.74 Å². The van der Waals surface area contributed by atoms with Crippen molar-refractivity contribution in [1.29, 1.82) is 0 Å². The van der Waals surface area contributed by atoms with Crippen molar-refractivity contribution in [2.75, 3.05) is 11.9 Å². The largest absolute Gasteiger partial charge is 0.495 e. The maximum atomic E-state index is 5.21. The third-order valence-electron chi connectivity index (χ3n) is 1.44. The van der Waals surface area contributed by atoms with Crippen molar-refractivity contribution >= 4 is 15.9 Å². The summed E-state index contributed by atoms with van der Waals surface area (Å²) in [5.74, 6) is 0.768. The molecule has 0 aliphatic heterocycles. The molecule has 0 fully saturated rings. The van der Waals surface area contributed by atoms with Gasteiger partial charge in [0.05, 0.1) is 6.61 Å². The lowest BCUT2D eigenvalue weighted by atomic mass is 10.1. The Morgan fingerprint density at radius 3 is 2.75 bits per heavy atom. The van der Waals surface area contributed by atoms with Crippen LogP contribution in [0.3, 0.4) is 0 Å². The number of allylic oxidation sites excluding steroid dienone is 2. The highest BCUT2D eigenvalue weighted by Crippen LogP contribution is 2.08. The minimum Gasteiger partial charge on any atom is -0.495 e. The fourth-order valence-electron chi connectivity index (χ4n) is 0.920. The van der Waals surface area contributed by atoms with Gasteiger partial charge in [0.2, 0.25) is 0 Å². The summed E-state index contributed by atoms with van der Waals surface area (Å²) in [5, 5.41) is 1.05. The minimum atomic E-state index is 0.695. The fraction of sp³-hybridized carbons (Fsp3) is 0.600. The molecule has 0 heterocycles. The number of rotatable bonds is 6. The molecular weight excluding hydrogens is 216 g/mol. The molecule has 1 nitrogen and oxygen atoms in total. The lowest BCUT2D eigenvalue weighted by Gasteiger charge is -2.03. The van der Waals surface area contributed by atoms with Gasteiger partial charge in [-0.15, -0.1) is 0 Å². The van der Waals surface area contributed by atoms with E-state index >= 15 is 0 Å². The fourth-order valence-corrected chi connectivity index (χ4v) is 1.20. The van der Waals surface area contributed by atoms with Gasteiger partial charge in [0, 0.05) is 5.33 Å². The Morgan fingerprint density at radius 2 is 2.25 bits per heavy atom. The lowest BCUT2D eigenvalue weighted by Crippen LogP contribution is -1.88. The molecule has 0 saturated heterocycles. The van der Waals surface area contributed by atoms with E-state index in [9.17, 15) is 0 Å². The zero-order chi connectivity index (χ0) is 9.40. The summed E-state index contributed by atoms with van der Waals surface area (Å²) in [7, 11) is 0. The van der Waals surface area contributed by atoms with Crippen LogP contribution >= 0.6 is 15.9 Å². The number of ether oxygens (including phenoxy) is 1. The molecule has 0 aliphatic rings. The predicted molar refractivity (Wildman–Crippen MR) is 57.6 cm³/mol. The van der Waals surface area contributed by atoms with E-state index in [1.54, 1.807) is 0 Å². The first-order chi connectivity index (χ1) is 5.70. The molecule has 0 aliphatic carbocycles. The second-order valence-electron chi connectivity index (χ2n) is 2.68. The third kappa shape index (κ3) is 6.47. The van der Waals surface area contributed by atoms with Gasteiger partial charge in [-0.05, 0) is 32.8 Å². The topological polar surface area (TPSA) is 9.23 Å². The highest BCUT2D eigenvalue weighted by molar-refractivity contribution is 9.09. The highest BCUT2D eigenvalue weighted by Gasteiger charge is 1.92. The van der Waals surface area contributed by atoms with Crippen LogP contribution in [0.4, 0.5) is 0 Å². The Hall–Kier alpha value is -0.240. The molecule has 0 unspecified atom stereocenters. The SMILES string of the molecule is C=C(/C=C(\C)CCCBr)OCC. The van der Waals surface area contributed by atoms with Gasteiger partial charge < -0.3 is 4.74 Å². The van der Waals surface area contributed by atoms with Crippen LogP contribution < -0.4 is 0 Å². The summed E-state index contributed by atoms with van der Waals surface area (Å²) < 4.78 is 5.21. The second-order valence-corrected chi connectivity index (χ2v) is 3.48. The van der Waals surface area contributed by atoms with E-state index in [1.807, 2.05) is 13.0 Å². The van der Waals surface area contributed by atoms with Crippen LogP contribution in [0.2, 0.25) is 0 Å². The van der Waals surface area contributed by atoms with Crippen LogP contribution in [0.5, 0.6) is 0 Å². The van der Waals surface area contributed by atoms with Crippen molar-refractivity contribution in [2.45, 2.75) is 26.7 Å². The van der Waals surface area contributed by atoms with E-state index in [0.29, 0.717) is 6.61 Å². The summed E-state index contributed by atoms with van der Waals surface area (Å²) in [6.45, 7) is 8.55. The molecule has 0 aromatic rings. The van der Waals surface area contributed by atoms with Crippen LogP contribution in [-0.4, -0.2) is 11.9 Å². The summed E-state index contributed by atoms with van der Waals surface area (Å²) in [5.41, 5.74) is 1.33. The molecular formula is C10H17BrO. The Morgan fingerprint density at radius 1 is 1.58 bits per heavy atom. The number of alkyl halides is 1. The van der Waals surface area contributed by atoms with Gasteiger partial charge in [0.1, 0.15) is 5.76 Å². The first-order valence-corrected chi connectivity index (χ1v) is 5.37. The van der Waals surface area contributed by atoms with Crippen molar-refractivity contribution in [2.24, 2.45) is 0 Å². The second kappa shape index (κ2) is 7.41.